The van der Waals surface area contributed by atoms with E-state index in [-0.39, 0.29) is 26.4 Å². The topological polar surface area (TPSA) is 91.5 Å². The molecule has 9 nitrogen and oxygen atoms in total. The van der Waals surface area contributed by atoms with Crippen molar-refractivity contribution in [2.24, 2.45) is 7.05 Å². The molecule has 1 fully saturated rings. The molecule has 1 aliphatic carbocycles. The minimum absolute atomic E-state index is 0.0423. The quantitative estimate of drug-likeness (QED) is 0.288. The molecule has 42 heavy (non-hydrogen) atoms. The van der Waals surface area contributed by atoms with Crippen LogP contribution in [0.1, 0.15) is 28.9 Å². The van der Waals surface area contributed by atoms with Crippen molar-refractivity contribution in [1.82, 2.24) is 24.5 Å². The van der Waals surface area contributed by atoms with Gasteiger partial charge in [0.25, 0.3) is 5.91 Å². The fraction of sp³-hybridized carbons (Fsp3) is 0.391. The Bertz CT molecular complexity index is 1500. The van der Waals surface area contributed by atoms with E-state index in [1.165, 1.54) is 18.2 Å². The van der Waals surface area contributed by atoms with Crippen LogP contribution in [0.15, 0.2) is 30.6 Å². The number of rotatable bonds is 7. The molecule has 2 amide bonds. The van der Waals surface area contributed by atoms with Crippen LogP contribution < -0.4 is 4.74 Å². The Morgan fingerprint density at radius 1 is 1.07 bits per heavy atom. The Hall–Kier alpha value is -3.96. The number of halogens is 10. The highest BCUT2D eigenvalue weighted by Crippen LogP contribution is 2.56. The fourth-order valence-electron chi connectivity index (χ4n) is 4.02. The Labute approximate surface area is 234 Å². The van der Waals surface area contributed by atoms with Gasteiger partial charge in [-0.25, -0.2) is 23.4 Å². The summed E-state index contributed by atoms with van der Waals surface area (Å²) in [6, 6.07) is 3.41. The summed E-state index contributed by atoms with van der Waals surface area (Å²) < 4.78 is 131. The second-order valence-corrected chi connectivity index (χ2v) is 9.31. The van der Waals surface area contributed by atoms with Crippen LogP contribution >= 0.6 is 11.6 Å². The van der Waals surface area contributed by atoms with Crippen molar-refractivity contribution in [3.05, 3.63) is 46.9 Å². The van der Waals surface area contributed by atoms with Gasteiger partial charge in [0.1, 0.15) is 0 Å². The number of imide groups is 1. The van der Waals surface area contributed by atoms with Gasteiger partial charge in [-0.1, -0.05) is 17.7 Å². The molecule has 0 atom stereocenters. The normalized spacial score (nSPS) is 14.3. The van der Waals surface area contributed by atoms with E-state index < -0.39 is 59.9 Å². The summed E-state index contributed by atoms with van der Waals surface area (Å²) in [4.78, 5) is 26.1. The highest BCUT2D eigenvalue weighted by molar-refractivity contribution is 6.34. The van der Waals surface area contributed by atoms with Crippen LogP contribution in [0.3, 0.4) is 0 Å². The summed E-state index contributed by atoms with van der Waals surface area (Å²) in [6.45, 7) is -3.98. The number of hydrogen-bond donors (Lipinski definition) is 0. The van der Waals surface area contributed by atoms with Crippen LogP contribution in [0, 0.1) is 0 Å². The maximum atomic E-state index is 14.8. The maximum Gasteiger partial charge on any atom is 0.437 e. The minimum atomic E-state index is -6.67. The van der Waals surface area contributed by atoms with E-state index in [1.807, 2.05) is 0 Å². The molecule has 228 valence electrons. The van der Waals surface area contributed by atoms with Gasteiger partial charge >= 0.3 is 30.7 Å². The summed E-state index contributed by atoms with van der Waals surface area (Å²) in [6.07, 6.45) is -11.2. The minimum Gasteiger partial charge on any atom is -0.452 e. The first-order valence-corrected chi connectivity index (χ1v) is 11.9. The molecule has 0 radical (unpaired) electrons. The molecule has 2 aromatic heterocycles. The zero-order chi connectivity index (χ0) is 31.4. The van der Waals surface area contributed by atoms with Crippen molar-refractivity contribution >= 4 is 23.6 Å². The van der Waals surface area contributed by atoms with Gasteiger partial charge in [0.2, 0.25) is 0 Å². The first-order valence-electron chi connectivity index (χ1n) is 11.5. The first-order chi connectivity index (χ1) is 19.4. The van der Waals surface area contributed by atoms with E-state index >= 15 is 0 Å². The first kappa shape index (κ1) is 31.0. The van der Waals surface area contributed by atoms with Gasteiger partial charge in [-0.05, 0) is 30.5 Å². The van der Waals surface area contributed by atoms with E-state index in [2.05, 4.69) is 19.7 Å². The lowest BCUT2D eigenvalue weighted by molar-refractivity contribution is -0.350. The SMILES string of the molecule is COC(=O)N(C(=O)c1cc(-c2cnn(-c3c(OC(F)F)c(C(F)(C(F)(F)F)C(F)(F)F)nn3C)c2)ccc1Cl)C1CC1. The summed E-state index contributed by atoms with van der Waals surface area (Å²) >= 11 is 6.17. The lowest BCUT2D eigenvalue weighted by Gasteiger charge is -2.28. The predicted octanol–water partition coefficient (Wildman–Crippen LogP) is 6.19. The van der Waals surface area contributed by atoms with Crippen molar-refractivity contribution in [3.63, 3.8) is 0 Å². The number of aryl methyl sites for hydroxylation is 1. The molecule has 1 aromatic carbocycles. The van der Waals surface area contributed by atoms with Crippen LogP contribution in [0.4, 0.5) is 44.3 Å². The smallest absolute Gasteiger partial charge is 0.437 e. The second-order valence-electron chi connectivity index (χ2n) is 8.90. The predicted molar refractivity (Wildman–Crippen MR) is 124 cm³/mol. The van der Waals surface area contributed by atoms with Gasteiger partial charge in [-0.3, -0.25) is 4.79 Å². The number of aromatic nitrogens is 4. The van der Waals surface area contributed by atoms with Gasteiger partial charge in [-0.15, -0.1) is 0 Å². The molecule has 1 aliphatic rings. The molecule has 0 unspecified atom stereocenters. The van der Waals surface area contributed by atoms with Crippen molar-refractivity contribution in [1.29, 1.82) is 0 Å². The Kier molecular flexibility index (Phi) is 7.90. The number of benzene rings is 1. The number of ether oxygens (including phenoxy) is 2. The van der Waals surface area contributed by atoms with Gasteiger partial charge in [-0.2, -0.15) is 45.3 Å². The van der Waals surface area contributed by atoms with Crippen molar-refractivity contribution in [2.45, 2.75) is 43.5 Å². The average Bonchev–Trinajstić information content (AvgIpc) is 3.50. The van der Waals surface area contributed by atoms with Crippen molar-refractivity contribution < 1.29 is 58.6 Å². The number of hydrogen-bond acceptors (Lipinski definition) is 6. The molecule has 19 heteroatoms. The Morgan fingerprint density at radius 3 is 2.21 bits per heavy atom. The van der Waals surface area contributed by atoms with Crippen LogP contribution in [-0.4, -0.2) is 68.6 Å². The van der Waals surface area contributed by atoms with Crippen LogP contribution in [0.5, 0.6) is 5.75 Å². The standard InChI is InChI=1S/C23H17ClF9N5O4/c1-36-17(15(42-19(25)26)16(35-36)21(27,22(28,29)30)23(31,32)33)37-9-11(8-34-37)10-3-6-14(24)13(7-10)18(39)38(12-4-5-12)20(40)41-2/h3,6-9,12,19H,4-5H2,1-2H3. The van der Waals surface area contributed by atoms with E-state index in [4.69, 9.17) is 11.6 Å². The van der Waals surface area contributed by atoms with Gasteiger partial charge < -0.3 is 9.47 Å². The number of methoxy groups -OCH3 is 1. The molecule has 0 bridgehead atoms. The Morgan fingerprint density at radius 2 is 1.69 bits per heavy atom. The number of amides is 2. The van der Waals surface area contributed by atoms with Gasteiger partial charge in [0, 0.05) is 24.8 Å². The van der Waals surface area contributed by atoms with E-state index in [9.17, 15) is 49.1 Å². The monoisotopic (exact) mass is 633 g/mol. The highest BCUT2D eigenvalue weighted by atomic mass is 35.5. The van der Waals surface area contributed by atoms with Gasteiger partial charge in [0.15, 0.2) is 17.3 Å². The molecular weight excluding hydrogens is 617 g/mol. The van der Waals surface area contributed by atoms with E-state index in [1.54, 1.807) is 0 Å². The number of alkyl halides is 9. The second kappa shape index (κ2) is 10.7. The molecular formula is C23H17ClF9N5O4. The molecule has 0 saturated heterocycles. The van der Waals surface area contributed by atoms with Crippen molar-refractivity contribution in [3.8, 4) is 22.7 Å². The molecule has 0 aliphatic heterocycles. The fourth-order valence-corrected chi connectivity index (χ4v) is 4.21. The molecule has 0 N–H and O–H groups in total. The summed E-state index contributed by atoms with van der Waals surface area (Å²) in [5.74, 6) is -3.70. The summed E-state index contributed by atoms with van der Waals surface area (Å²) in [5, 5.41) is 6.60. The maximum absolute atomic E-state index is 14.8. The lowest BCUT2D eigenvalue weighted by Crippen LogP contribution is -2.51. The zero-order valence-electron chi connectivity index (χ0n) is 21.1. The molecule has 3 aromatic rings. The van der Waals surface area contributed by atoms with E-state index in [0.717, 1.165) is 31.5 Å². The average molecular weight is 634 g/mol. The van der Waals surface area contributed by atoms with E-state index in [0.29, 0.717) is 17.5 Å². The third-order valence-corrected chi connectivity index (χ3v) is 6.45. The third kappa shape index (κ3) is 5.34. The number of nitrogens with zero attached hydrogens (tertiary/aromatic N) is 5. The summed E-state index contributed by atoms with van der Waals surface area (Å²) in [7, 11) is 1.83. The van der Waals surface area contributed by atoms with Crippen LogP contribution in [-0.2, 0) is 17.5 Å². The molecule has 4 rings (SSSR count). The van der Waals surface area contributed by atoms with Crippen LogP contribution in [0.25, 0.3) is 16.9 Å². The van der Waals surface area contributed by atoms with Crippen molar-refractivity contribution in [2.75, 3.05) is 7.11 Å². The van der Waals surface area contributed by atoms with Crippen LogP contribution in [0.2, 0.25) is 5.02 Å². The third-order valence-electron chi connectivity index (χ3n) is 6.12. The Balaban J connectivity index is 1.81. The molecule has 0 spiro atoms. The highest BCUT2D eigenvalue weighted by Gasteiger charge is 2.76. The largest absolute Gasteiger partial charge is 0.452 e. The number of carbonyl (C=O) groups excluding carboxylic acids is 2. The van der Waals surface area contributed by atoms with Gasteiger partial charge in [0.05, 0.1) is 23.9 Å². The summed E-state index contributed by atoms with van der Waals surface area (Å²) in [5.41, 5.74) is -8.67. The lowest BCUT2D eigenvalue weighted by atomic mass is 9.99. The number of carbonyl (C=O) groups is 2. The molecule has 2 heterocycles. The molecule has 1 saturated carbocycles. The zero-order valence-corrected chi connectivity index (χ0v) is 21.9.